The van der Waals surface area contributed by atoms with Crippen molar-refractivity contribution in [3.05, 3.63) is 56.4 Å². The Labute approximate surface area is 140 Å². The predicted molar refractivity (Wildman–Crippen MR) is 86.4 cm³/mol. The second kappa shape index (κ2) is 5.79. The lowest BCUT2D eigenvalue weighted by Gasteiger charge is -2.15. The summed E-state index contributed by atoms with van der Waals surface area (Å²) in [7, 11) is 1.48. The maximum absolute atomic E-state index is 13.7. The van der Waals surface area contributed by atoms with Crippen molar-refractivity contribution in [3.63, 3.8) is 0 Å². The number of methoxy groups -OCH3 is 1. The molecule has 0 radical (unpaired) electrons. The molecule has 8 heteroatoms. The van der Waals surface area contributed by atoms with Crippen molar-refractivity contribution in [2.45, 2.75) is 6.92 Å². The van der Waals surface area contributed by atoms with Gasteiger partial charge in [0.05, 0.1) is 18.2 Å². The first-order valence-corrected chi connectivity index (χ1v) is 7.28. The van der Waals surface area contributed by atoms with Crippen LogP contribution in [0, 0.1) is 12.7 Å². The third-order valence-electron chi connectivity index (χ3n) is 3.38. The van der Waals surface area contributed by atoms with E-state index < -0.39 is 11.5 Å². The predicted octanol–water partition coefficient (Wildman–Crippen LogP) is 3.54. The molecule has 0 aliphatic heterocycles. The first-order valence-electron chi connectivity index (χ1n) is 6.52. The highest BCUT2D eigenvalue weighted by molar-refractivity contribution is 6.34. The van der Waals surface area contributed by atoms with Crippen LogP contribution in [0.3, 0.4) is 0 Å². The van der Waals surface area contributed by atoms with Crippen LogP contribution >= 0.6 is 23.2 Å². The van der Waals surface area contributed by atoms with Crippen LogP contribution in [0.4, 0.5) is 4.39 Å². The molecule has 0 amide bonds. The van der Waals surface area contributed by atoms with Gasteiger partial charge in [0, 0.05) is 0 Å². The topological polar surface area (TPSA) is 57.0 Å². The van der Waals surface area contributed by atoms with Crippen LogP contribution in [0.2, 0.25) is 10.3 Å². The summed E-state index contributed by atoms with van der Waals surface area (Å²) in [6.45, 7) is 1.80. The Morgan fingerprint density at radius 1 is 1.22 bits per heavy atom. The van der Waals surface area contributed by atoms with Gasteiger partial charge >= 0.3 is 5.69 Å². The second-order valence-electron chi connectivity index (χ2n) is 4.78. The lowest BCUT2D eigenvalue weighted by molar-refractivity contribution is 0.412. The van der Waals surface area contributed by atoms with Gasteiger partial charge in [-0.3, -0.25) is 0 Å². The zero-order valence-electron chi connectivity index (χ0n) is 12.1. The Morgan fingerprint density at radius 2 is 1.96 bits per heavy atom. The average molecular weight is 354 g/mol. The number of hydrogen-bond acceptors (Lipinski definition) is 4. The summed E-state index contributed by atoms with van der Waals surface area (Å²) in [5.74, 6) is -0.301. The van der Waals surface area contributed by atoms with Crippen LogP contribution in [0.1, 0.15) is 5.56 Å². The number of pyridine rings is 1. The molecule has 0 saturated heterocycles. The van der Waals surface area contributed by atoms with Crippen molar-refractivity contribution in [1.82, 2.24) is 14.5 Å². The van der Waals surface area contributed by atoms with E-state index in [1.54, 1.807) is 25.1 Å². The molecule has 0 spiro atoms. The number of nitrogens with zero attached hydrogens (tertiary/aromatic N) is 3. The summed E-state index contributed by atoms with van der Waals surface area (Å²) in [4.78, 5) is 20.1. The van der Waals surface area contributed by atoms with Crippen LogP contribution in [-0.2, 0) is 0 Å². The minimum atomic E-state index is -0.746. The normalized spacial score (nSPS) is 11.0. The number of halogens is 3. The van der Waals surface area contributed by atoms with Crippen molar-refractivity contribution in [2.75, 3.05) is 7.11 Å². The van der Waals surface area contributed by atoms with E-state index in [1.165, 1.54) is 11.7 Å². The Balaban J connectivity index is 2.53. The average Bonchev–Trinajstić information content (AvgIpc) is 2.50. The van der Waals surface area contributed by atoms with Crippen LogP contribution in [0.25, 0.3) is 16.7 Å². The molecule has 0 aliphatic rings. The number of ether oxygens (including phenoxy) is 1. The van der Waals surface area contributed by atoms with Crippen LogP contribution in [0.15, 0.2) is 29.1 Å². The summed E-state index contributed by atoms with van der Waals surface area (Å²) < 4.78 is 20.2. The van der Waals surface area contributed by atoms with Crippen LogP contribution < -0.4 is 10.4 Å². The number of fused-ring (bicyclic) bond motifs is 1. The highest BCUT2D eigenvalue weighted by Gasteiger charge is 2.19. The van der Waals surface area contributed by atoms with Gasteiger partial charge in [0.25, 0.3) is 0 Å². The molecule has 0 unspecified atom stereocenters. The number of para-hydroxylation sites is 1. The van der Waals surface area contributed by atoms with E-state index in [0.29, 0.717) is 11.4 Å². The number of aromatic nitrogens is 3. The van der Waals surface area contributed by atoms with Crippen molar-refractivity contribution in [3.8, 4) is 11.4 Å². The largest absolute Gasteiger partial charge is 0.495 e. The van der Waals surface area contributed by atoms with Gasteiger partial charge in [0.1, 0.15) is 10.9 Å². The van der Waals surface area contributed by atoms with Gasteiger partial charge in [-0.2, -0.15) is 4.98 Å². The Kier molecular flexibility index (Phi) is 3.95. The second-order valence-corrected chi connectivity index (χ2v) is 5.49. The maximum Gasteiger partial charge on any atom is 0.355 e. The Hall–Kier alpha value is -2.18. The van der Waals surface area contributed by atoms with Crippen molar-refractivity contribution in [1.29, 1.82) is 0 Å². The summed E-state index contributed by atoms with van der Waals surface area (Å²) in [6, 6.07) is 6.38. The highest BCUT2D eigenvalue weighted by atomic mass is 35.5. The number of aryl methyl sites for hydroxylation is 1. The summed E-state index contributed by atoms with van der Waals surface area (Å²) in [5, 5.41) is -0.323. The van der Waals surface area contributed by atoms with Gasteiger partial charge in [0.15, 0.2) is 16.6 Å². The molecule has 2 aromatic heterocycles. The van der Waals surface area contributed by atoms with Crippen molar-refractivity contribution >= 4 is 34.2 Å². The minimum Gasteiger partial charge on any atom is -0.495 e. The van der Waals surface area contributed by atoms with Gasteiger partial charge in [-0.15, -0.1) is 0 Å². The molecular weight excluding hydrogens is 344 g/mol. The molecule has 0 aliphatic carbocycles. The molecule has 3 rings (SSSR count). The highest BCUT2D eigenvalue weighted by Crippen LogP contribution is 2.30. The van der Waals surface area contributed by atoms with Crippen LogP contribution in [-0.4, -0.2) is 21.6 Å². The van der Waals surface area contributed by atoms with E-state index >= 15 is 0 Å². The molecule has 0 N–H and O–H groups in total. The fourth-order valence-corrected chi connectivity index (χ4v) is 2.70. The minimum absolute atomic E-state index is 0.106. The van der Waals surface area contributed by atoms with Gasteiger partial charge < -0.3 is 4.74 Å². The summed E-state index contributed by atoms with van der Waals surface area (Å²) in [6.07, 6.45) is 0. The van der Waals surface area contributed by atoms with Crippen LogP contribution in [0.5, 0.6) is 5.75 Å². The van der Waals surface area contributed by atoms with Crippen molar-refractivity contribution < 1.29 is 9.13 Å². The first-order chi connectivity index (χ1) is 10.9. The smallest absolute Gasteiger partial charge is 0.355 e. The molecule has 0 bridgehead atoms. The third kappa shape index (κ3) is 2.54. The van der Waals surface area contributed by atoms with E-state index in [4.69, 9.17) is 27.9 Å². The van der Waals surface area contributed by atoms with E-state index in [-0.39, 0.29) is 21.3 Å². The summed E-state index contributed by atoms with van der Waals surface area (Å²) in [5.41, 5.74) is 0.641. The zero-order chi connectivity index (χ0) is 16.7. The summed E-state index contributed by atoms with van der Waals surface area (Å²) >= 11 is 11.7. The standard InChI is InChI=1S/C15H10Cl2FN3O2/c1-7-4-3-5-10(23-2)11(7)21-14-8(12(16)20-15(21)22)6-9(18)13(17)19-14/h3-6H,1-2H3. The maximum atomic E-state index is 13.7. The monoisotopic (exact) mass is 353 g/mol. The molecule has 1 aromatic carbocycles. The number of benzene rings is 1. The molecule has 23 heavy (non-hydrogen) atoms. The van der Waals surface area contributed by atoms with Gasteiger partial charge in [-0.05, 0) is 24.6 Å². The molecule has 0 saturated carbocycles. The lowest BCUT2D eigenvalue weighted by atomic mass is 10.1. The van der Waals surface area contributed by atoms with E-state index in [2.05, 4.69) is 9.97 Å². The molecular formula is C15H10Cl2FN3O2. The quantitative estimate of drug-likeness (QED) is 0.522. The molecule has 0 atom stereocenters. The van der Waals surface area contributed by atoms with Crippen molar-refractivity contribution in [2.24, 2.45) is 0 Å². The SMILES string of the molecule is COc1cccc(C)c1-n1c(=O)nc(Cl)c2cc(F)c(Cl)nc21. The number of hydrogen-bond donors (Lipinski definition) is 0. The molecule has 3 aromatic rings. The molecule has 0 fully saturated rings. The Morgan fingerprint density at radius 3 is 2.65 bits per heavy atom. The molecule has 5 nitrogen and oxygen atoms in total. The zero-order valence-corrected chi connectivity index (χ0v) is 13.6. The fraction of sp³-hybridized carbons (Fsp3) is 0.133. The van der Waals surface area contributed by atoms with E-state index in [9.17, 15) is 9.18 Å². The lowest BCUT2D eigenvalue weighted by Crippen LogP contribution is -2.24. The van der Waals surface area contributed by atoms with E-state index in [1.807, 2.05) is 0 Å². The van der Waals surface area contributed by atoms with E-state index in [0.717, 1.165) is 11.6 Å². The Bertz CT molecular complexity index is 989. The van der Waals surface area contributed by atoms with Gasteiger partial charge in [-0.1, -0.05) is 35.3 Å². The fourth-order valence-electron chi connectivity index (χ4n) is 2.35. The van der Waals surface area contributed by atoms with Gasteiger partial charge in [0.2, 0.25) is 0 Å². The number of rotatable bonds is 2. The molecule has 118 valence electrons. The molecule has 2 heterocycles. The van der Waals surface area contributed by atoms with Gasteiger partial charge in [-0.25, -0.2) is 18.7 Å². The third-order valence-corrected chi connectivity index (χ3v) is 3.93. The first kappa shape index (κ1) is 15.7.